The number of benzene rings is 7. The number of nitrogens with zero attached hydrogens (tertiary/aromatic N) is 5. The van der Waals surface area contributed by atoms with Gasteiger partial charge in [-0.1, -0.05) is 152 Å². The van der Waals surface area contributed by atoms with E-state index in [9.17, 15) is 4.79 Å². The van der Waals surface area contributed by atoms with Gasteiger partial charge in [0.1, 0.15) is 0 Å². The zero-order valence-electron chi connectivity index (χ0n) is 28.4. The van der Waals surface area contributed by atoms with Crippen molar-refractivity contribution in [2.24, 2.45) is 0 Å². The van der Waals surface area contributed by atoms with Crippen LogP contribution in [-0.4, -0.2) is 19.5 Å². The Hall–Kier alpha value is -7.18. The van der Waals surface area contributed by atoms with Gasteiger partial charge in [-0.05, 0) is 51.9 Å². The fourth-order valence-corrected chi connectivity index (χ4v) is 8.73. The fraction of sp³-hybridized carbons (Fsp3) is 0.0213. The summed E-state index contributed by atoms with van der Waals surface area (Å²) in [4.78, 5) is 32.1. The predicted octanol–water partition coefficient (Wildman–Crippen LogP) is 10.1. The van der Waals surface area contributed by atoms with E-state index in [1.165, 1.54) is 0 Å². The molecule has 0 saturated carbocycles. The van der Waals surface area contributed by atoms with Gasteiger partial charge in [-0.25, -0.2) is 4.98 Å². The first-order chi connectivity index (χ1) is 26.2. The molecular weight excluding hydrogens is 651 g/mol. The number of hydrogen-bond acceptors (Lipinski definition) is 5. The van der Waals surface area contributed by atoms with E-state index in [0.717, 1.165) is 66.7 Å². The van der Waals surface area contributed by atoms with Crippen LogP contribution in [0.5, 0.6) is 0 Å². The molecule has 0 bridgehead atoms. The van der Waals surface area contributed by atoms with E-state index >= 15 is 0 Å². The molecule has 0 atom stereocenters. The SMILES string of the molecule is O=c1c2ccccc2c2cccc3c2n1-c1ccccc1C31c2ccccc2N(c2nc(-c3ccccc3)nc(-c3ccccc3)n2)c2ccccc21. The number of hydrogen-bond donors (Lipinski definition) is 0. The van der Waals surface area contributed by atoms with E-state index in [1.807, 2.05) is 89.5 Å². The first-order valence-electron chi connectivity index (χ1n) is 17.8. The van der Waals surface area contributed by atoms with Crippen molar-refractivity contribution in [3.8, 4) is 28.5 Å². The molecule has 1 spiro atoms. The molecule has 0 saturated heterocycles. The first-order valence-corrected chi connectivity index (χ1v) is 17.8. The maximum atomic E-state index is 14.6. The molecule has 0 N–H and O–H groups in total. The molecule has 2 aliphatic heterocycles. The van der Waals surface area contributed by atoms with E-state index in [2.05, 4.69) is 95.9 Å². The summed E-state index contributed by atoms with van der Waals surface area (Å²) >= 11 is 0. The van der Waals surface area contributed by atoms with Crippen LogP contribution in [-0.2, 0) is 5.41 Å². The van der Waals surface area contributed by atoms with E-state index < -0.39 is 5.41 Å². The molecule has 4 heterocycles. The average molecular weight is 680 g/mol. The second-order valence-corrected chi connectivity index (χ2v) is 13.5. The molecular formula is C47H29N5O. The Bertz CT molecular complexity index is 2890. The normalized spacial score (nSPS) is 13.5. The molecule has 0 unspecified atom stereocenters. The Labute approximate surface area is 305 Å². The van der Waals surface area contributed by atoms with Crippen molar-refractivity contribution in [1.29, 1.82) is 0 Å². The summed E-state index contributed by atoms with van der Waals surface area (Å²) in [6, 6.07) is 60.1. The highest BCUT2D eigenvalue weighted by molar-refractivity contribution is 6.09. The largest absolute Gasteiger partial charge is 0.278 e. The van der Waals surface area contributed by atoms with Crippen molar-refractivity contribution in [3.63, 3.8) is 0 Å². The van der Waals surface area contributed by atoms with Gasteiger partial charge >= 0.3 is 0 Å². The van der Waals surface area contributed by atoms with Gasteiger partial charge in [0.25, 0.3) is 5.56 Å². The van der Waals surface area contributed by atoms with Crippen LogP contribution < -0.4 is 10.5 Å². The number of pyridine rings is 1. The molecule has 11 rings (SSSR count). The lowest BCUT2D eigenvalue weighted by atomic mass is 9.60. The summed E-state index contributed by atoms with van der Waals surface area (Å²) < 4.78 is 1.94. The van der Waals surface area contributed by atoms with Crippen LogP contribution in [0.3, 0.4) is 0 Å². The van der Waals surface area contributed by atoms with Crippen molar-refractivity contribution in [2.75, 3.05) is 4.90 Å². The molecule has 6 nitrogen and oxygen atoms in total. The molecule has 0 fully saturated rings. The third-order valence-electron chi connectivity index (χ3n) is 10.8. The minimum atomic E-state index is -0.772. The van der Waals surface area contributed by atoms with Crippen molar-refractivity contribution >= 4 is 39.0 Å². The highest BCUT2D eigenvalue weighted by Crippen LogP contribution is 2.60. The van der Waals surface area contributed by atoms with Gasteiger partial charge < -0.3 is 0 Å². The molecule has 0 radical (unpaired) electrons. The Balaban J connectivity index is 1.27. The Morgan fingerprint density at radius 1 is 0.396 bits per heavy atom. The molecule has 9 aromatic rings. The lowest BCUT2D eigenvalue weighted by Crippen LogP contribution is -2.42. The summed E-state index contributed by atoms with van der Waals surface area (Å²) in [5, 5.41) is 2.70. The van der Waals surface area contributed by atoms with Gasteiger partial charge in [-0.3, -0.25) is 14.3 Å². The van der Waals surface area contributed by atoms with Crippen molar-refractivity contribution < 1.29 is 0 Å². The molecule has 2 aliphatic rings. The van der Waals surface area contributed by atoms with E-state index in [-0.39, 0.29) is 5.56 Å². The Kier molecular flexibility index (Phi) is 6.22. The van der Waals surface area contributed by atoms with Gasteiger partial charge in [0.15, 0.2) is 11.6 Å². The molecule has 0 amide bonds. The van der Waals surface area contributed by atoms with Gasteiger partial charge in [-0.15, -0.1) is 0 Å². The number of anilines is 3. The quantitative estimate of drug-likeness (QED) is 0.174. The van der Waals surface area contributed by atoms with E-state index in [0.29, 0.717) is 23.0 Å². The Morgan fingerprint density at radius 3 is 1.45 bits per heavy atom. The summed E-state index contributed by atoms with van der Waals surface area (Å²) in [6.07, 6.45) is 0. The summed E-state index contributed by atoms with van der Waals surface area (Å²) in [5.41, 5.74) is 8.99. The number of fused-ring (bicyclic) bond motifs is 10. The zero-order chi connectivity index (χ0) is 35.1. The number of para-hydroxylation sites is 4. The number of rotatable bonds is 3. The van der Waals surface area contributed by atoms with Crippen LogP contribution in [0.25, 0.3) is 50.1 Å². The van der Waals surface area contributed by atoms with Gasteiger partial charge in [-0.2, -0.15) is 9.97 Å². The average Bonchev–Trinajstić information content (AvgIpc) is 3.23. The molecule has 7 aromatic carbocycles. The first kappa shape index (κ1) is 29.5. The predicted molar refractivity (Wildman–Crippen MR) is 211 cm³/mol. The third-order valence-corrected chi connectivity index (χ3v) is 10.8. The summed E-state index contributed by atoms with van der Waals surface area (Å²) in [7, 11) is 0. The van der Waals surface area contributed by atoms with E-state index in [4.69, 9.17) is 15.0 Å². The second kappa shape index (κ2) is 11.2. The minimum absolute atomic E-state index is 0.0195. The van der Waals surface area contributed by atoms with Crippen LogP contribution in [0, 0.1) is 0 Å². The summed E-state index contributed by atoms with van der Waals surface area (Å²) in [6.45, 7) is 0. The van der Waals surface area contributed by atoms with Gasteiger partial charge in [0.2, 0.25) is 5.95 Å². The zero-order valence-corrected chi connectivity index (χ0v) is 28.4. The summed E-state index contributed by atoms with van der Waals surface area (Å²) in [5.74, 6) is 1.72. The second-order valence-electron chi connectivity index (χ2n) is 13.5. The maximum Gasteiger partial charge on any atom is 0.263 e. The van der Waals surface area contributed by atoms with Gasteiger partial charge in [0, 0.05) is 21.9 Å². The highest BCUT2D eigenvalue weighted by Gasteiger charge is 2.51. The van der Waals surface area contributed by atoms with Crippen molar-refractivity contribution in [2.45, 2.75) is 5.41 Å². The maximum absolute atomic E-state index is 14.6. The van der Waals surface area contributed by atoms with Gasteiger partial charge in [0.05, 0.1) is 28.0 Å². The molecule has 53 heavy (non-hydrogen) atoms. The monoisotopic (exact) mass is 679 g/mol. The van der Waals surface area contributed by atoms with Crippen LogP contribution in [0.15, 0.2) is 181 Å². The fourth-order valence-electron chi connectivity index (χ4n) is 8.73. The van der Waals surface area contributed by atoms with Crippen LogP contribution in [0.1, 0.15) is 22.3 Å². The minimum Gasteiger partial charge on any atom is -0.278 e. The third kappa shape index (κ3) is 4.03. The molecule has 6 heteroatoms. The van der Waals surface area contributed by atoms with Crippen LogP contribution in [0.4, 0.5) is 17.3 Å². The lowest BCUT2D eigenvalue weighted by Gasteiger charge is -2.48. The molecule has 248 valence electrons. The Morgan fingerprint density at radius 2 is 0.849 bits per heavy atom. The highest BCUT2D eigenvalue weighted by atomic mass is 16.1. The van der Waals surface area contributed by atoms with Crippen molar-refractivity contribution in [3.05, 3.63) is 209 Å². The van der Waals surface area contributed by atoms with Crippen LogP contribution in [0.2, 0.25) is 0 Å². The number of aromatic nitrogens is 4. The smallest absolute Gasteiger partial charge is 0.263 e. The standard InChI is InChI=1S/C47H29N5O/c53-45-34-21-8-7-20-32(34)33-22-15-26-38-42(33)52(45)41-29-14-11-25-37(41)47(38)35-23-9-12-27-39(35)51(40-28-13-10-24-36(40)47)46-49-43(30-16-3-1-4-17-30)48-44(50-46)31-18-5-2-6-19-31/h1-29H. The van der Waals surface area contributed by atoms with Crippen molar-refractivity contribution in [1.82, 2.24) is 19.5 Å². The lowest BCUT2D eigenvalue weighted by molar-refractivity contribution is 0.707. The topological polar surface area (TPSA) is 63.9 Å². The van der Waals surface area contributed by atoms with Crippen LogP contribution >= 0.6 is 0 Å². The molecule has 2 aromatic heterocycles. The van der Waals surface area contributed by atoms with E-state index in [1.54, 1.807) is 0 Å². The molecule has 0 aliphatic carbocycles.